The zero-order valence-electron chi connectivity index (χ0n) is 10.5. The molecule has 0 saturated carbocycles. The Morgan fingerprint density at radius 1 is 1.50 bits per heavy atom. The van der Waals surface area contributed by atoms with Crippen LogP contribution >= 0.6 is 0 Å². The molecule has 5 heteroatoms. The molecule has 0 atom stereocenters. The number of H-pyrrole nitrogens is 1. The molecule has 0 aliphatic heterocycles. The minimum Gasteiger partial charge on any atom is -0.355 e. The second-order valence-corrected chi connectivity index (χ2v) is 4.20. The number of aromatic nitrogens is 2. The first-order chi connectivity index (χ1) is 8.72. The largest absolute Gasteiger partial charge is 0.355 e. The van der Waals surface area contributed by atoms with Gasteiger partial charge in [-0.1, -0.05) is 13.0 Å². The molecule has 0 radical (unpaired) electrons. The summed E-state index contributed by atoms with van der Waals surface area (Å²) in [5.41, 5.74) is 8.23. The van der Waals surface area contributed by atoms with Crippen molar-refractivity contribution in [2.45, 2.75) is 19.8 Å². The molecule has 0 bridgehead atoms. The molecule has 4 N–H and O–H groups in total. The van der Waals surface area contributed by atoms with E-state index in [1.54, 1.807) is 0 Å². The number of amides is 1. The molecular weight excluding hydrogens is 228 g/mol. The summed E-state index contributed by atoms with van der Waals surface area (Å²) in [6.45, 7) is 3.04. The van der Waals surface area contributed by atoms with Crippen molar-refractivity contribution in [1.82, 2.24) is 15.3 Å². The number of carbonyl (C=O) groups is 1. The summed E-state index contributed by atoms with van der Waals surface area (Å²) in [5.74, 6) is 0.963. The van der Waals surface area contributed by atoms with E-state index in [0.29, 0.717) is 19.5 Å². The number of nitrogens with one attached hydrogen (secondary N) is 2. The highest BCUT2D eigenvalue weighted by Gasteiger charge is 2.05. The van der Waals surface area contributed by atoms with E-state index in [1.807, 2.05) is 18.2 Å². The van der Waals surface area contributed by atoms with Gasteiger partial charge in [-0.25, -0.2) is 4.98 Å². The molecule has 2 aromatic rings. The van der Waals surface area contributed by atoms with Crippen molar-refractivity contribution in [2.24, 2.45) is 5.73 Å². The molecule has 2 rings (SSSR count). The Morgan fingerprint density at radius 2 is 2.33 bits per heavy atom. The molecule has 1 aromatic heterocycles. The van der Waals surface area contributed by atoms with E-state index in [2.05, 4.69) is 22.2 Å². The molecule has 1 amide bonds. The summed E-state index contributed by atoms with van der Waals surface area (Å²) < 4.78 is 0. The topological polar surface area (TPSA) is 83.8 Å². The molecule has 0 fully saturated rings. The van der Waals surface area contributed by atoms with Crippen LogP contribution in [-0.2, 0) is 17.6 Å². The van der Waals surface area contributed by atoms with Crippen molar-refractivity contribution in [3.8, 4) is 0 Å². The van der Waals surface area contributed by atoms with E-state index in [4.69, 9.17) is 5.73 Å². The summed E-state index contributed by atoms with van der Waals surface area (Å²) in [7, 11) is 0. The van der Waals surface area contributed by atoms with E-state index in [-0.39, 0.29) is 5.91 Å². The van der Waals surface area contributed by atoms with Gasteiger partial charge < -0.3 is 16.0 Å². The highest BCUT2D eigenvalue weighted by Crippen LogP contribution is 2.14. The zero-order valence-corrected chi connectivity index (χ0v) is 10.5. The number of imidazole rings is 1. The molecule has 96 valence electrons. The minimum absolute atomic E-state index is 0.00460. The predicted molar refractivity (Wildman–Crippen MR) is 71.2 cm³/mol. The molecule has 5 nitrogen and oxygen atoms in total. The Morgan fingerprint density at radius 3 is 3.06 bits per heavy atom. The molecule has 18 heavy (non-hydrogen) atoms. The average molecular weight is 246 g/mol. The van der Waals surface area contributed by atoms with Crippen LogP contribution < -0.4 is 11.1 Å². The van der Waals surface area contributed by atoms with Gasteiger partial charge in [0.25, 0.3) is 0 Å². The Balaban J connectivity index is 2.11. The summed E-state index contributed by atoms with van der Waals surface area (Å²) >= 11 is 0. The second kappa shape index (κ2) is 5.64. The number of nitrogens with two attached hydrogens (primary N) is 1. The lowest BCUT2D eigenvalue weighted by Gasteiger charge is -2.03. The first kappa shape index (κ1) is 12.6. The summed E-state index contributed by atoms with van der Waals surface area (Å²) in [6.07, 6.45) is 1.25. The smallest absolute Gasteiger partial charge is 0.224 e. The van der Waals surface area contributed by atoms with Crippen molar-refractivity contribution in [1.29, 1.82) is 0 Å². The van der Waals surface area contributed by atoms with E-state index in [1.165, 1.54) is 0 Å². The van der Waals surface area contributed by atoms with Gasteiger partial charge in [0.15, 0.2) is 0 Å². The monoisotopic (exact) mass is 246 g/mol. The van der Waals surface area contributed by atoms with Crippen LogP contribution in [0.4, 0.5) is 0 Å². The van der Waals surface area contributed by atoms with Gasteiger partial charge in [-0.15, -0.1) is 0 Å². The maximum Gasteiger partial charge on any atom is 0.224 e. The van der Waals surface area contributed by atoms with Crippen molar-refractivity contribution in [3.05, 3.63) is 29.6 Å². The third kappa shape index (κ3) is 2.87. The molecule has 1 aromatic carbocycles. The number of hydrogen-bond donors (Lipinski definition) is 3. The minimum atomic E-state index is -0.00460. The average Bonchev–Trinajstić information content (AvgIpc) is 2.78. The lowest BCUT2D eigenvalue weighted by atomic mass is 10.1. The van der Waals surface area contributed by atoms with E-state index in [9.17, 15) is 4.79 Å². The highest BCUT2D eigenvalue weighted by molar-refractivity contribution is 5.81. The van der Waals surface area contributed by atoms with Crippen molar-refractivity contribution in [3.63, 3.8) is 0 Å². The van der Waals surface area contributed by atoms with Crippen LogP contribution in [0.5, 0.6) is 0 Å². The Kier molecular flexibility index (Phi) is 3.94. The number of fused-ring (bicyclic) bond motifs is 1. The standard InChI is InChI=1S/C13H18N4O/c1-2-12-16-10-4-3-9(7-11(10)17-12)8-13(18)15-6-5-14/h3-4,7H,2,5-6,8,14H2,1H3,(H,15,18)(H,16,17). The van der Waals surface area contributed by atoms with E-state index in [0.717, 1.165) is 28.8 Å². The lowest BCUT2D eigenvalue weighted by molar-refractivity contribution is -0.120. The van der Waals surface area contributed by atoms with Crippen LogP contribution in [-0.4, -0.2) is 29.0 Å². The summed E-state index contributed by atoms with van der Waals surface area (Å²) in [5, 5.41) is 2.76. The number of aryl methyl sites for hydroxylation is 1. The van der Waals surface area contributed by atoms with Crippen LogP contribution in [0.25, 0.3) is 11.0 Å². The number of nitrogens with zero attached hydrogens (tertiary/aromatic N) is 1. The molecule has 1 heterocycles. The number of aromatic amines is 1. The first-order valence-corrected chi connectivity index (χ1v) is 6.17. The van der Waals surface area contributed by atoms with Gasteiger partial charge in [-0.3, -0.25) is 4.79 Å². The third-order valence-electron chi connectivity index (χ3n) is 2.76. The van der Waals surface area contributed by atoms with Gasteiger partial charge in [-0.05, 0) is 17.7 Å². The third-order valence-corrected chi connectivity index (χ3v) is 2.76. The van der Waals surface area contributed by atoms with Crippen molar-refractivity contribution >= 4 is 16.9 Å². The van der Waals surface area contributed by atoms with Crippen LogP contribution in [0.3, 0.4) is 0 Å². The Bertz CT molecular complexity index is 547. The predicted octanol–water partition coefficient (Wildman–Crippen LogP) is 0.743. The van der Waals surface area contributed by atoms with Crippen LogP contribution in [0, 0.1) is 0 Å². The maximum atomic E-state index is 11.6. The van der Waals surface area contributed by atoms with Crippen LogP contribution in [0.15, 0.2) is 18.2 Å². The van der Waals surface area contributed by atoms with Gasteiger partial charge in [0.05, 0.1) is 17.5 Å². The highest BCUT2D eigenvalue weighted by atomic mass is 16.1. The van der Waals surface area contributed by atoms with Crippen LogP contribution in [0.2, 0.25) is 0 Å². The second-order valence-electron chi connectivity index (χ2n) is 4.20. The fraction of sp³-hybridized carbons (Fsp3) is 0.385. The Labute approximate surface area is 106 Å². The number of hydrogen-bond acceptors (Lipinski definition) is 3. The molecule has 0 aliphatic carbocycles. The normalized spacial score (nSPS) is 10.8. The fourth-order valence-electron chi connectivity index (χ4n) is 1.85. The van der Waals surface area contributed by atoms with Crippen molar-refractivity contribution in [2.75, 3.05) is 13.1 Å². The number of benzene rings is 1. The number of carbonyl (C=O) groups excluding carboxylic acids is 1. The summed E-state index contributed by atoms with van der Waals surface area (Å²) in [6, 6.07) is 5.85. The SMILES string of the molecule is CCc1nc2ccc(CC(=O)NCCN)cc2[nH]1. The Hall–Kier alpha value is -1.88. The first-order valence-electron chi connectivity index (χ1n) is 6.17. The molecule has 0 aliphatic rings. The lowest BCUT2D eigenvalue weighted by Crippen LogP contribution is -2.30. The van der Waals surface area contributed by atoms with E-state index >= 15 is 0 Å². The zero-order chi connectivity index (χ0) is 13.0. The van der Waals surface area contributed by atoms with Gasteiger partial charge >= 0.3 is 0 Å². The van der Waals surface area contributed by atoms with Gasteiger partial charge in [0, 0.05) is 19.5 Å². The van der Waals surface area contributed by atoms with Gasteiger partial charge in [-0.2, -0.15) is 0 Å². The quantitative estimate of drug-likeness (QED) is 0.727. The fourth-order valence-corrected chi connectivity index (χ4v) is 1.85. The van der Waals surface area contributed by atoms with Crippen LogP contribution in [0.1, 0.15) is 18.3 Å². The van der Waals surface area contributed by atoms with E-state index < -0.39 is 0 Å². The van der Waals surface area contributed by atoms with Gasteiger partial charge in [0.1, 0.15) is 5.82 Å². The summed E-state index contributed by atoms with van der Waals surface area (Å²) in [4.78, 5) is 19.2. The molecule has 0 saturated heterocycles. The molecule has 0 spiro atoms. The van der Waals surface area contributed by atoms with Crippen molar-refractivity contribution < 1.29 is 4.79 Å². The maximum absolute atomic E-state index is 11.6. The molecular formula is C13H18N4O. The number of rotatable bonds is 5. The molecule has 0 unspecified atom stereocenters. The van der Waals surface area contributed by atoms with Gasteiger partial charge in [0.2, 0.25) is 5.91 Å².